The Kier molecular flexibility index (Phi) is 9.28. The Balaban J connectivity index is 1.27. The average Bonchev–Trinajstić information content (AvgIpc) is 3.47. The van der Waals surface area contributed by atoms with Gasteiger partial charge in [-0.15, -0.1) is 0 Å². The number of halogens is 3. The van der Waals surface area contributed by atoms with E-state index in [1.165, 1.54) is 19.3 Å². The van der Waals surface area contributed by atoms with Crippen molar-refractivity contribution in [3.8, 4) is 0 Å². The number of aliphatic hydroxyl groups is 1. The van der Waals surface area contributed by atoms with Crippen LogP contribution in [-0.4, -0.2) is 71.2 Å². The van der Waals surface area contributed by atoms with Crippen LogP contribution >= 0.6 is 0 Å². The molecule has 2 N–H and O–H groups in total. The average molecular weight is 576 g/mol. The Bertz CT molecular complexity index is 1190. The monoisotopic (exact) mass is 575 g/mol. The van der Waals surface area contributed by atoms with Crippen LogP contribution in [0.5, 0.6) is 0 Å². The van der Waals surface area contributed by atoms with Crippen LogP contribution in [0.1, 0.15) is 67.6 Å². The molecule has 0 aliphatic carbocycles. The lowest BCUT2D eigenvalue weighted by molar-refractivity contribution is -0.253. The van der Waals surface area contributed by atoms with E-state index >= 15 is 0 Å². The van der Waals surface area contributed by atoms with E-state index in [2.05, 4.69) is 10.2 Å². The third kappa shape index (κ3) is 7.27. The van der Waals surface area contributed by atoms with E-state index in [0.29, 0.717) is 23.4 Å². The quantitative estimate of drug-likeness (QED) is 0.498. The second-order valence-corrected chi connectivity index (χ2v) is 11.0. The van der Waals surface area contributed by atoms with Gasteiger partial charge < -0.3 is 29.7 Å². The number of amides is 2. The highest BCUT2D eigenvalue weighted by Crippen LogP contribution is 2.38. The summed E-state index contributed by atoms with van der Waals surface area (Å²) in [7, 11) is 0. The van der Waals surface area contributed by atoms with E-state index in [4.69, 9.17) is 9.47 Å². The number of benzene rings is 2. The van der Waals surface area contributed by atoms with Gasteiger partial charge in [0.25, 0.3) is 0 Å². The third-order valence-corrected chi connectivity index (χ3v) is 8.03. The Morgan fingerprint density at radius 1 is 0.902 bits per heavy atom. The fourth-order valence-corrected chi connectivity index (χ4v) is 5.86. The molecule has 11 heteroatoms. The second-order valence-electron chi connectivity index (χ2n) is 11.0. The third-order valence-electron chi connectivity index (χ3n) is 8.03. The van der Waals surface area contributed by atoms with E-state index in [1.54, 1.807) is 24.3 Å². The number of hydrogen-bond acceptors (Lipinski definition) is 6. The zero-order valence-corrected chi connectivity index (χ0v) is 22.8. The van der Waals surface area contributed by atoms with Crippen LogP contribution in [0.15, 0.2) is 48.5 Å². The smallest absolute Gasteiger partial charge is 0.392 e. The molecule has 2 aromatic rings. The summed E-state index contributed by atoms with van der Waals surface area (Å²) in [4.78, 5) is 27.6. The highest BCUT2D eigenvalue weighted by Gasteiger charge is 2.47. The number of aliphatic hydroxyl groups excluding tert-OH is 1. The van der Waals surface area contributed by atoms with Gasteiger partial charge in [0.15, 0.2) is 6.29 Å². The van der Waals surface area contributed by atoms with Crippen LogP contribution in [0.3, 0.4) is 0 Å². The lowest BCUT2D eigenvalue weighted by Gasteiger charge is -2.39. The predicted octanol–water partition coefficient (Wildman–Crippen LogP) is 4.70. The summed E-state index contributed by atoms with van der Waals surface area (Å²) >= 11 is 0. The SMILES string of the molecule is O=C(Nc1ccc(C2OC(CN3CCCCC3)CC(c3ccc(CO)cc3)O2)cc1)C1CCCN1C(=O)C(F)(F)F. The maximum atomic E-state index is 13.0. The number of carbonyl (C=O) groups is 2. The van der Waals surface area contributed by atoms with Crippen molar-refractivity contribution in [3.63, 3.8) is 0 Å². The van der Waals surface area contributed by atoms with E-state index in [0.717, 1.165) is 36.3 Å². The molecule has 3 fully saturated rings. The molecule has 0 radical (unpaired) electrons. The number of nitrogens with one attached hydrogen (secondary N) is 1. The van der Waals surface area contributed by atoms with Gasteiger partial charge in [-0.1, -0.05) is 42.8 Å². The molecule has 222 valence electrons. The molecule has 0 saturated carbocycles. The fraction of sp³-hybridized carbons (Fsp3) is 0.533. The molecule has 5 rings (SSSR count). The van der Waals surface area contributed by atoms with Gasteiger partial charge in [0.1, 0.15) is 6.04 Å². The summed E-state index contributed by atoms with van der Waals surface area (Å²) in [6.07, 6.45) is -1.16. The molecule has 0 aromatic heterocycles. The molecule has 2 amide bonds. The zero-order chi connectivity index (χ0) is 29.0. The largest absolute Gasteiger partial charge is 0.471 e. The molecule has 8 nitrogen and oxygen atoms in total. The summed E-state index contributed by atoms with van der Waals surface area (Å²) in [6.45, 7) is 2.75. The van der Waals surface area contributed by atoms with Crippen LogP contribution in [0, 0.1) is 0 Å². The van der Waals surface area contributed by atoms with Gasteiger partial charge in [-0.2, -0.15) is 13.2 Å². The van der Waals surface area contributed by atoms with E-state index in [9.17, 15) is 27.9 Å². The minimum Gasteiger partial charge on any atom is -0.392 e. The number of anilines is 1. The van der Waals surface area contributed by atoms with Crippen molar-refractivity contribution in [2.24, 2.45) is 0 Å². The summed E-state index contributed by atoms with van der Waals surface area (Å²) < 4.78 is 51.7. The molecule has 41 heavy (non-hydrogen) atoms. The van der Waals surface area contributed by atoms with E-state index in [-0.39, 0.29) is 31.8 Å². The summed E-state index contributed by atoms with van der Waals surface area (Å²) in [5.74, 6) is -2.64. The number of nitrogens with zero attached hydrogens (tertiary/aromatic N) is 2. The number of hydrogen-bond donors (Lipinski definition) is 2. The Morgan fingerprint density at radius 2 is 1.59 bits per heavy atom. The van der Waals surface area contributed by atoms with E-state index < -0.39 is 30.3 Å². The van der Waals surface area contributed by atoms with Crippen LogP contribution in [0.4, 0.5) is 18.9 Å². The van der Waals surface area contributed by atoms with Crippen molar-refractivity contribution in [3.05, 3.63) is 65.2 Å². The van der Waals surface area contributed by atoms with Gasteiger partial charge >= 0.3 is 12.1 Å². The first-order chi connectivity index (χ1) is 19.7. The maximum absolute atomic E-state index is 13.0. The van der Waals surface area contributed by atoms with E-state index in [1.807, 2.05) is 24.3 Å². The van der Waals surface area contributed by atoms with Crippen LogP contribution in [0.2, 0.25) is 0 Å². The van der Waals surface area contributed by atoms with Crippen molar-refractivity contribution in [1.82, 2.24) is 9.80 Å². The Hall–Kier alpha value is -2.99. The predicted molar refractivity (Wildman–Crippen MR) is 145 cm³/mol. The number of piperidine rings is 1. The first kappa shape index (κ1) is 29.5. The van der Waals surface area contributed by atoms with Crippen molar-refractivity contribution in [2.75, 3.05) is 31.5 Å². The first-order valence-corrected chi connectivity index (χ1v) is 14.2. The molecule has 4 atom stereocenters. The molecule has 2 aromatic carbocycles. The minimum absolute atomic E-state index is 0.0323. The number of rotatable bonds is 7. The fourth-order valence-electron chi connectivity index (χ4n) is 5.86. The standard InChI is InChI=1S/C30H36F3N3O5/c31-30(32,33)29(39)36-16-4-5-25(36)27(38)34-23-12-10-22(11-13-23)28-40-24(18-35-14-2-1-3-15-35)17-26(41-28)21-8-6-20(19-37)7-9-21/h6-13,24-26,28,37H,1-5,14-19H2,(H,34,38). The molecule has 0 bridgehead atoms. The van der Waals surface area contributed by atoms with Gasteiger partial charge in [-0.25, -0.2) is 0 Å². The highest BCUT2D eigenvalue weighted by molar-refractivity contribution is 5.98. The van der Waals surface area contributed by atoms with Crippen LogP contribution < -0.4 is 5.32 Å². The molecule has 3 aliphatic rings. The number of ether oxygens (including phenoxy) is 2. The normalized spacial score (nSPS) is 25.7. The van der Waals surface area contributed by atoms with Crippen LogP contribution in [-0.2, 0) is 25.7 Å². The molecule has 4 unspecified atom stereocenters. The molecular formula is C30H36F3N3O5. The van der Waals surface area contributed by atoms with Crippen molar-refractivity contribution in [2.45, 2.75) is 75.8 Å². The minimum atomic E-state index is -5.02. The first-order valence-electron chi connectivity index (χ1n) is 14.2. The molecule has 3 heterocycles. The number of carbonyl (C=O) groups excluding carboxylic acids is 2. The summed E-state index contributed by atoms with van der Waals surface area (Å²) in [5.41, 5.74) is 2.97. The van der Waals surface area contributed by atoms with Gasteiger partial charge in [0, 0.05) is 30.8 Å². The van der Waals surface area contributed by atoms with Crippen molar-refractivity contribution >= 4 is 17.5 Å². The van der Waals surface area contributed by atoms with Gasteiger partial charge in [0.05, 0.1) is 18.8 Å². The maximum Gasteiger partial charge on any atom is 0.471 e. The molecule has 3 aliphatic heterocycles. The number of likely N-dealkylation sites (tertiary alicyclic amines) is 2. The lowest BCUT2D eigenvalue weighted by Crippen LogP contribution is -2.48. The van der Waals surface area contributed by atoms with Gasteiger partial charge in [-0.05, 0) is 62.0 Å². The zero-order valence-electron chi connectivity index (χ0n) is 22.8. The van der Waals surface area contributed by atoms with Gasteiger partial charge in [-0.3, -0.25) is 9.59 Å². The molecule has 3 saturated heterocycles. The molecule has 0 spiro atoms. The van der Waals surface area contributed by atoms with Gasteiger partial charge in [0.2, 0.25) is 5.91 Å². The lowest BCUT2D eigenvalue weighted by atomic mass is 9.99. The highest BCUT2D eigenvalue weighted by atomic mass is 19.4. The van der Waals surface area contributed by atoms with Crippen molar-refractivity contribution < 1.29 is 37.3 Å². The summed E-state index contributed by atoms with van der Waals surface area (Å²) in [5, 5.41) is 12.1. The number of alkyl halides is 3. The van der Waals surface area contributed by atoms with Crippen LogP contribution in [0.25, 0.3) is 0 Å². The van der Waals surface area contributed by atoms with Crippen molar-refractivity contribution in [1.29, 1.82) is 0 Å². The second kappa shape index (κ2) is 12.9. The summed E-state index contributed by atoms with van der Waals surface area (Å²) in [6, 6.07) is 13.4. The topological polar surface area (TPSA) is 91.3 Å². The molecular weight excluding hydrogens is 539 g/mol. The Labute approximate surface area is 237 Å². The Morgan fingerprint density at radius 3 is 2.24 bits per heavy atom.